The number of nitrogens with zero attached hydrogens (tertiary/aromatic N) is 2. The lowest BCUT2D eigenvalue weighted by atomic mass is 10.1. The highest BCUT2D eigenvalue weighted by Crippen LogP contribution is 2.32. The van der Waals surface area contributed by atoms with Crippen molar-refractivity contribution in [3.05, 3.63) is 17.7 Å². The fraction of sp³-hybridized carbons (Fsp3) is 0.688. The maximum atomic E-state index is 5.90. The smallest absolute Gasteiger partial charge is 0.309 e. The van der Waals surface area contributed by atoms with Gasteiger partial charge < -0.3 is 14.1 Å². The quantitative estimate of drug-likeness (QED) is 0.795. The van der Waals surface area contributed by atoms with Crippen LogP contribution in [0.1, 0.15) is 57.5 Å². The van der Waals surface area contributed by atoms with Crippen LogP contribution in [0.2, 0.25) is 0 Å². The predicted molar refractivity (Wildman–Crippen MR) is 81.1 cm³/mol. The molecule has 2 rings (SSSR count). The zero-order valence-corrected chi connectivity index (χ0v) is 13.1. The monoisotopic (exact) mass is 278 g/mol. The molecule has 0 aromatic carbocycles. The van der Waals surface area contributed by atoms with Crippen LogP contribution in [0.15, 0.2) is 10.5 Å². The molecule has 1 aromatic heterocycles. The number of oxazole rings is 1. The molecule has 0 saturated heterocycles. The minimum atomic E-state index is 0.362. The standard InChI is InChI=1S/C16H26N2O2/c1-5-10-19-16-14(12(3)6-2)17-15(20-16)13-8-7-9-18(4)11-13/h8,12H,5-7,9-11H2,1-4H3/t12-/m0/s1. The van der Waals surface area contributed by atoms with Gasteiger partial charge in [0.05, 0.1) is 6.61 Å². The van der Waals surface area contributed by atoms with Gasteiger partial charge in [0, 0.05) is 24.6 Å². The highest BCUT2D eigenvalue weighted by Gasteiger charge is 2.22. The average Bonchev–Trinajstić information content (AvgIpc) is 2.88. The van der Waals surface area contributed by atoms with E-state index in [-0.39, 0.29) is 0 Å². The van der Waals surface area contributed by atoms with Gasteiger partial charge in [0.1, 0.15) is 5.69 Å². The topological polar surface area (TPSA) is 38.5 Å². The molecule has 0 aliphatic carbocycles. The van der Waals surface area contributed by atoms with Crippen molar-refractivity contribution >= 4 is 5.57 Å². The molecular weight excluding hydrogens is 252 g/mol. The van der Waals surface area contributed by atoms with Crippen LogP contribution < -0.4 is 4.74 Å². The Morgan fingerprint density at radius 2 is 2.25 bits per heavy atom. The van der Waals surface area contributed by atoms with Crippen LogP contribution in [0.4, 0.5) is 0 Å². The van der Waals surface area contributed by atoms with Gasteiger partial charge in [0.15, 0.2) is 0 Å². The number of ether oxygens (including phenoxy) is 1. The predicted octanol–water partition coefficient (Wildman–Crippen LogP) is 3.70. The fourth-order valence-electron chi connectivity index (χ4n) is 2.31. The molecule has 20 heavy (non-hydrogen) atoms. The molecule has 0 amide bonds. The second-order valence-corrected chi connectivity index (χ2v) is 5.61. The van der Waals surface area contributed by atoms with E-state index < -0.39 is 0 Å². The first kappa shape index (κ1) is 15.1. The Hall–Kier alpha value is -1.29. The third kappa shape index (κ3) is 3.42. The minimum Gasteiger partial charge on any atom is -0.464 e. The number of aromatic nitrogens is 1. The average molecular weight is 278 g/mol. The number of rotatable bonds is 6. The second kappa shape index (κ2) is 6.93. The van der Waals surface area contributed by atoms with Gasteiger partial charge in [-0.2, -0.15) is 0 Å². The first-order valence-electron chi connectivity index (χ1n) is 7.67. The van der Waals surface area contributed by atoms with Crippen LogP contribution in [0.5, 0.6) is 5.95 Å². The van der Waals surface area contributed by atoms with E-state index in [2.05, 4.69) is 38.8 Å². The van der Waals surface area contributed by atoms with E-state index in [1.807, 2.05) is 0 Å². The van der Waals surface area contributed by atoms with Crippen molar-refractivity contribution in [2.75, 3.05) is 26.7 Å². The Balaban J connectivity index is 2.25. The third-order valence-electron chi connectivity index (χ3n) is 3.75. The van der Waals surface area contributed by atoms with Gasteiger partial charge >= 0.3 is 5.95 Å². The molecule has 1 atom stereocenters. The molecule has 0 radical (unpaired) electrons. The molecule has 1 aliphatic rings. The largest absolute Gasteiger partial charge is 0.464 e. The summed E-state index contributed by atoms with van der Waals surface area (Å²) in [6.45, 7) is 9.10. The summed E-state index contributed by atoms with van der Waals surface area (Å²) in [6, 6.07) is 0. The molecule has 0 unspecified atom stereocenters. The van der Waals surface area contributed by atoms with Crippen molar-refractivity contribution in [1.29, 1.82) is 0 Å². The molecule has 4 heteroatoms. The Labute approximate surface area is 121 Å². The van der Waals surface area contributed by atoms with Gasteiger partial charge in [-0.3, -0.25) is 0 Å². The molecule has 0 spiro atoms. The van der Waals surface area contributed by atoms with Crippen LogP contribution >= 0.6 is 0 Å². The summed E-state index contributed by atoms with van der Waals surface area (Å²) in [5, 5.41) is 0. The molecule has 1 aromatic rings. The molecular formula is C16H26N2O2. The van der Waals surface area contributed by atoms with E-state index in [1.54, 1.807) is 0 Å². The summed E-state index contributed by atoms with van der Waals surface area (Å²) in [6.07, 6.45) is 5.29. The van der Waals surface area contributed by atoms with Crippen molar-refractivity contribution in [1.82, 2.24) is 9.88 Å². The van der Waals surface area contributed by atoms with E-state index in [1.165, 1.54) is 5.57 Å². The second-order valence-electron chi connectivity index (χ2n) is 5.61. The van der Waals surface area contributed by atoms with Crippen molar-refractivity contribution in [3.8, 4) is 5.95 Å². The minimum absolute atomic E-state index is 0.362. The molecule has 2 heterocycles. The van der Waals surface area contributed by atoms with Gasteiger partial charge in [0.25, 0.3) is 0 Å². The Kier molecular flexibility index (Phi) is 5.24. The molecule has 0 bridgehead atoms. The van der Waals surface area contributed by atoms with E-state index >= 15 is 0 Å². The van der Waals surface area contributed by atoms with E-state index in [4.69, 9.17) is 14.1 Å². The summed E-state index contributed by atoms with van der Waals surface area (Å²) >= 11 is 0. The lowest BCUT2D eigenvalue weighted by Gasteiger charge is -2.20. The van der Waals surface area contributed by atoms with Gasteiger partial charge in [-0.1, -0.05) is 26.8 Å². The summed E-state index contributed by atoms with van der Waals surface area (Å²) in [5.41, 5.74) is 2.14. The number of likely N-dealkylation sites (N-methyl/N-ethyl adjacent to an activating group) is 1. The van der Waals surface area contributed by atoms with Gasteiger partial charge in [-0.15, -0.1) is 0 Å². The number of hydrogen-bond donors (Lipinski definition) is 0. The highest BCUT2D eigenvalue weighted by atomic mass is 16.6. The van der Waals surface area contributed by atoms with Crippen LogP contribution in [0.25, 0.3) is 5.57 Å². The van der Waals surface area contributed by atoms with Crippen molar-refractivity contribution in [2.45, 2.75) is 46.0 Å². The summed E-state index contributed by atoms with van der Waals surface area (Å²) in [5.74, 6) is 1.71. The fourth-order valence-corrected chi connectivity index (χ4v) is 2.31. The van der Waals surface area contributed by atoms with E-state index in [0.717, 1.165) is 43.9 Å². The van der Waals surface area contributed by atoms with Crippen LogP contribution in [-0.4, -0.2) is 36.6 Å². The maximum absolute atomic E-state index is 5.90. The zero-order chi connectivity index (χ0) is 14.5. The van der Waals surface area contributed by atoms with Crippen molar-refractivity contribution < 1.29 is 9.15 Å². The SMILES string of the molecule is CCCOc1oc(C2=CCCN(C)C2)nc1[C@@H](C)CC. The maximum Gasteiger partial charge on any atom is 0.309 e. The molecule has 0 fully saturated rings. The lowest BCUT2D eigenvalue weighted by molar-refractivity contribution is 0.236. The number of hydrogen-bond acceptors (Lipinski definition) is 4. The Bertz CT molecular complexity index is 465. The highest BCUT2D eigenvalue weighted by molar-refractivity contribution is 5.61. The third-order valence-corrected chi connectivity index (χ3v) is 3.75. The lowest BCUT2D eigenvalue weighted by Crippen LogP contribution is -2.25. The molecule has 0 N–H and O–H groups in total. The molecule has 4 nitrogen and oxygen atoms in total. The van der Waals surface area contributed by atoms with Crippen molar-refractivity contribution in [2.24, 2.45) is 0 Å². The summed E-state index contributed by atoms with van der Waals surface area (Å²) in [7, 11) is 2.13. The summed E-state index contributed by atoms with van der Waals surface area (Å²) in [4.78, 5) is 6.99. The van der Waals surface area contributed by atoms with Gasteiger partial charge in [-0.05, 0) is 26.3 Å². The van der Waals surface area contributed by atoms with E-state index in [0.29, 0.717) is 18.5 Å². The van der Waals surface area contributed by atoms with Gasteiger partial charge in [0.2, 0.25) is 5.89 Å². The van der Waals surface area contributed by atoms with Crippen molar-refractivity contribution in [3.63, 3.8) is 0 Å². The van der Waals surface area contributed by atoms with Crippen LogP contribution in [-0.2, 0) is 0 Å². The first-order chi connectivity index (χ1) is 9.65. The Morgan fingerprint density at radius 1 is 1.45 bits per heavy atom. The normalized spacial score (nSPS) is 17.9. The zero-order valence-electron chi connectivity index (χ0n) is 13.1. The van der Waals surface area contributed by atoms with E-state index in [9.17, 15) is 0 Å². The van der Waals surface area contributed by atoms with Crippen LogP contribution in [0.3, 0.4) is 0 Å². The first-order valence-corrected chi connectivity index (χ1v) is 7.67. The summed E-state index contributed by atoms with van der Waals surface area (Å²) < 4.78 is 11.6. The molecule has 0 saturated carbocycles. The van der Waals surface area contributed by atoms with Crippen LogP contribution in [0, 0.1) is 0 Å². The molecule has 112 valence electrons. The molecule has 1 aliphatic heterocycles. The van der Waals surface area contributed by atoms with Gasteiger partial charge in [-0.25, -0.2) is 4.98 Å². The Morgan fingerprint density at radius 3 is 2.90 bits per heavy atom.